The molecule has 2 heterocycles. The van der Waals surface area contributed by atoms with Crippen LogP contribution in [-0.4, -0.2) is 16.8 Å². The lowest BCUT2D eigenvalue weighted by Crippen LogP contribution is -2.43. The number of halogens is 1. The summed E-state index contributed by atoms with van der Waals surface area (Å²) in [6.45, 7) is 8.00. The quantitative estimate of drug-likeness (QED) is 0.753. The molecule has 2 aliphatic rings. The molecule has 0 spiro atoms. The van der Waals surface area contributed by atoms with Gasteiger partial charge in [-0.2, -0.15) is 0 Å². The van der Waals surface area contributed by atoms with Gasteiger partial charge in [0.05, 0.1) is 11.6 Å². The van der Waals surface area contributed by atoms with Gasteiger partial charge in [0.1, 0.15) is 5.82 Å². The normalized spacial score (nSPS) is 28.9. The Kier molecular flexibility index (Phi) is 2.96. The van der Waals surface area contributed by atoms with Crippen molar-refractivity contribution in [3.05, 3.63) is 47.3 Å². The molecule has 0 aromatic heterocycles. The molecule has 20 heavy (non-hydrogen) atoms. The van der Waals surface area contributed by atoms with Gasteiger partial charge in [0.2, 0.25) is 5.91 Å². The Bertz CT molecular complexity index is 595. The molecule has 0 aliphatic carbocycles. The second-order valence-electron chi connectivity index (χ2n) is 6.16. The van der Waals surface area contributed by atoms with Crippen LogP contribution in [-0.2, 0) is 10.3 Å². The second kappa shape index (κ2) is 4.44. The summed E-state index contributed by atoms with van der Waals surface area (Å²) in [5.74, 6) is -0.0442. The van der Waals surface area contributed by atoms with Gasteiger partial charge in [0.15, 0.2) is 0 Å². The molecular weight excluding hydrogens is 253 g/mol. The van der Waals surface area contributed by atoms with E-state index in [1.165, 1.54) is 6.07 Å². The second-order valence-corrected chi connectivity index (χ2v) is 6.16. The zero-order valence-electron chi connectivity index (χ0n) is 12.1. The SMILES string of the molecule is C=C(C)[C@H]1CC[C@]2(c3cc(F)ccc3C)CCC(=O)N12. The number of benzene rings is 1. The molecule has 0 saturated carbocycles. The predicted molar refractivity (Wildman–Crippen MR) is 76.7 cm³/mol. The first-order valence-electron chi connectivity index (χ1n) is 7.20. The molecule has 106 valence electrons. The van der Waals surface area contributed by atoms with E-state index in [1.807, 2.05) is 24.8 Å². The van der Waals surface area contributed by atoms with Crippen molar-refractivity contribution in [3.8, 4) is 0 Å². The molecule has 2 saturated heterocycles. The fraction of sp³-hybridized carbons (Fsp3) is 0.471. The monoisotopic (exact) mass is 273 g/mol. The number of hydrogen-bond donors (Lipinski definition) is 0. The molecule has 1 amide bonds. The minimum atomic E-state index is -0.313. The first-order chi connectivity index (χ1) is 9.45. The highest BCUT2D eigenvalue weighted by Gasteiger charge is 2.54. The molecule has 2 aliphatic heterocycles. The summed E-state index contributed by atoms with van der Waals surface area (Å²) in [5, 5.41) is 0. The fourth-order valence-electron chi connectivity index (χ4n) is 3.98. The van der Waals surface area contributed by atoms with E-state index >= 15 is 0 Å². The molecule has 2 nitrogen and oxygen atoms in total. The molecule has 3 rings (SSSR count). The smallest absolute Gasteiger partial charge is 0.223 e. The lowest BCUT2D eigenvalue weighted by Gasteiger charge is -2.37. The van der Waals surface area contributed by atoms with E-state index in [0.29, 0.717) is 6.42 Å². The van der Waals surface area contributed by atoms with Gasteiger partial charge in [-0.3, -0.25) is 4.79 Å². The van der Waals surface area contributed by atoms with Gasteiger partial charge in [0, 0.05) is 6.42 Å². The summed E-state index contributed by atoms with van der Waals surface area (Å²) < 4.78 is 13.7. The lowest BCUT2D eigenvalue weighted by atomic mass is 9.83. The Hall–Kier alpha value is -1.64. The van der Waals surface area contributed by atoms with Gasteiger partial charge in [-0.25, -0.2) is 4.39 Å². The fourth-order valence-corrected chi connectivity index (χ4v) is 3.98. The van der Waals surface area contributed by atoms with Crippen LogP contribution in [0.4, 0.5) is 4.39 Å². The number of carbonyl (C=O) groups excluding carboxylic acids is 1. The van der Waals surface area contributed by atoms with Gasteiger partial charge in [-0.15, -0.1) is 0 Å². The van der Waals surface area contributed by atoms with Crippen molar-refractivity contribution in [2.75, 3.05) is 0 Å². The Labute approximate surface area is 119 Å². The van der Waals surface area contributed by atoms with Gasteiger partial charge in [0.25, 0.3) is 0 Å². The topological polar surface area (TPSA) is 20.3 Å². The number of nitrogens with zero attached hydrogens (tertiary/aromatic N) is 1. The summed E-state index contributed by atoms with van der Waals surface area (Å²) in [7, 11) is 0. The first-order valence-corrected chi connectivity index (χ1v) is 7.20. The lowest BCUT2D eigenvalue weighted by molar-refractivity contribution is -0.131. The van der Waals surface area contributed by atoms with Crippen LogP contribution >= 0.6 is 0 Å². The van der Waals surface area contributed by atoms with Crippen LogP contribution in [0.15, 0.2) is 30.4 Å². The van der Waals surface area contributed by atoms with Crippen LogP contribution in [0.25, 0.3) is 0 Å². The minimum Gasteiger partial charge on any atom is -0.326 e. The third-order valence-electron chi connectivity index (χ3n) is 4.90. The predicted octanol–water partition coefficient (Wildman–Crippen LogP) is 3.69. The Morgan fingerprint density at radius 1 is 1.45 bits per heavy atom. The highest BCUT2D eigenvalue weighted by molar-refractivity contribution is 5.81. The van der Waals surface area contributed by atoms with E-state index in [2.05, 4.69) is 6.58 Å². The molecule has 3 heteroatoms. The van der Waals surface area contributed by atoms with Crippen LogP contribution in [0.1, 0.15) is 43.7 Å². The van der Waals surface area contributed by atoms with Gasteiger partial charge < -0.3 is 4.90 Å². The average molecular weight is 273 g/mol. The third kappa shape index (κ3) is 1.72. The summed E-state index contributed by atoms with van der Waals surface area (Å²) >= 11 is 0. The number of rotatable bonds is 2. The molecule has 0 unspecified atom stereocenters. The van der Waals surface area contributed by atoms with Crippen molar-refractivity contribution in [3.63, 3.8) is 0 Å². The summed E-state index contributed by atoms with van der Waals surface area (Å²) in [5.41, 5.74) is 2.75. The first kappa shape index (κ1) is 13.3. The van der Waals surface area contributed by atoms with E-state index in [1.54, 1.807) is 6.07 Å². The van der Waals surface area contributed by atoms with E-state index in [9.17, 15) is 9.18 Å². The molecule has 1 aromatic rings. The number of aryl methyl sites for hydroxylation is 1. The van der Waals surface area contributed by atoms with Crippen LogP contribution in [0.2, 0.25) is 0 Å². The van der Waals surface area contributed by atoms with Crippen molar-refractivity contribution in [1.82, 2.24) is 4.90 Å². The minimum absolute atomic E-state index is 0.104. The Morgan fingerprint density at radius 2 is 2.20 bits per heavy atom. The summed E-state index contributed by atoms with van der Waals surface area (Å²) in [4.78, 5) is 14.3. The highest BCUT2D eigenvalue weighted by Crippen LogP contribution is 2.52. The largest absolute Gasteiger partial charge is 0.326 e. The third-order valence-corrected chi connectivity index (χ3v) is 4.90. The maximum Gasteiger partial charge on any atom is 0.223 e. The van der Waals surface area contributed by atoms with Crippen molar-refractivity contribution in [2.45, 2.75) is 51.1 Å². The number of amides is 1. The van der Waals surface area contributed by atoms with Crippen molar-refractivity contribution in [1.29, 1.82) is 0 Å². The van der Waals surface area contributed by atoms with Crippen LogP contribution < -0.4 is 0 Å². The van der Waals surface area contributed by atoms with Crippen LogP contribution in [0.3, 0.4) is 0 Å². The van der Waals surface area contributed by atoms with Gasteiger partial charge >= 0.3 is 0 Å². The molecule has 2 atom stereocenters. The van der Waals surface area contributed by atoms with Crippen molar-refractivity contribution >= 4 is 5.91 Å². The van der Waals surface area contributed by atoms with E-state index in [-0.39, 0.29) is 23.3 Å². The Morgan fingerprint density at radius 3 is 2.90 bits per heavy atom. The number of carbonyl (C=O) groups is 1. The maximum atomic E-state index is 13.7. The van der Waals surface area contributed by atoms with Crippen molar-refractivity contribution in [2.24, 2.45) is 0 Å². The molecule has 0 radical (unpaired) electrons. The molecule has 0 N–H and O–H groups in total. The highest BCUT2D eigenvalue weighted by atomic mass is 19.1. The van der Waals surface area contributed by atoms with E-state index in [0.717, 1.165) is 36.0 Å². The van der Waals surface area contributed by atoms with Crippen LogP contribution in [0, 0.1) is 12.7 Å². The Balaban J connectivity index is 2.13. The van der Waals surface area contributed by atoms with E-state index in [4.69, 9.17) is 0 Å². The summed E-state index contributed by atoms with van der Waals surface area (Å²) in [6, 6.07) is 5.02. The van der Waals surface area contributed by atoms with Crippen LogP contribution in [0.5, 0.6) is 0 Å². The van der Waals surface area contributed by atoms with Gasteiger partial charge in [-0.05, 0) is 56.4 Å². The van der Waals surface area contributed by atoms with Gasteiger partial charge in [-0.1, -0.05) is 18.2 Å². The molecule has 0 bridgehead atoms. The average Bonchev–Trinajstić information content (AvgIpc) is 2.92. The van der Waals surface area contributed by atoms with Crippen molar-refractivity contribution < 1.29 is 9.18 Å². The molecule has 2 fully saturated rings. The standard InChI is InChI=1S/C17H20FNO/c1-11(2)15-6-8-17(9-7-16(20)19(15)17)14-10-13(18)5-4-12(14)3/h4-5,10,15H,1,6-9H2,2-3H3/t15-,17-/m1/s1. The number of fused-ring (bicyclic) bond motifs is 1. The zero-order valence-corrected chi connectivity index (χ0v) is 12.1. The van der Waals surface area contributed by atoms with E-state index < -0.39 is 0 Å². The molecule has 1 aromatic carbocycles. The zero-order chi connectivity index (χ0) is 14.5. The summed E-state index contributed by atoms with van der Waals surface area (Å²) in [6.07, 6.45) is 3.18. The number of hydrogen-bond acceptors (Lipinski definition) is 1. The maximum absolute atomic E-state index is 13.7. The molecular formula is C17H20FNO.